The van der Waals surface area contributed by atoms with Gasteiger partial charge in [0.05, 0.1) is 19.1 Å². The Morgan fingerprint density at radius 1 is 1.09 bits per heavy atom. The Morgan fingerprint density at radius 3 is 2.26 bits per heavy atom. The number of amides is 2. The maximum absolute atomic E-state index is 13.6. The number of carbonyl (C=O) groups is 2. The molecular weight excluding hydrogens is 466 g/mol. The van der Waals surface area contributed by atoms with Crippen LogP contribution in [0.1, 0.15) is 38.8 Å². The van der Waals surface area contributed by atoms with Gasteiger partial charge in [0, 0.05) is 12.1 Å². The highest BCUT2D eigenvalue weighted by atomic mass is 32.2. The number of hydrogen-bond donors (Lipinski definition) is 1. The maximum atomic E-state index is 13.6. The third-order valence-electron chi connectivity index (χ3n) is 5.43. The summed E-state index contributed by atoms with van der Waals surface area (Å²) in [6.45, 7) is 8.87. The Balaban J connectivity index is 2.40. The first-order valence-electron chi connectivity index (χ1n) is 11.5. The molecule has 9 heteroatoms. The van der Waals surface area contributed by atoms with Gasteiger partial charge >= 0.3 is 0 Å². The standard InChI is InChI=1S/C26H37N3O5S/c1-19-13-14-23(34-6)22(17-19)29(35(7,32)33)18-24(30)28(16-15-21-11-9-8-10-12-21)20(2)25(31)27-26(3,4)5/h8-14,17,20H,15-16,18H2,1-7H3,(H,27,31)/t20-/m0/s1. The summed E-state index contributed by atoms with van der Waals surface area (Å²) in [4.78, 5) is 28.0. The molecule has 0 saturated heterocycles. The highest BCUT2D eigenvalue weighted by molar-refractivity contribution is 7.92. The van der Waals surface area contributed by atoms with Crippen LogP contribution in [0, 0.1) is 6.92 Å². The molecule has 2 amide bonds. The van der Waals surface area contributed by atoms with E-state index < -0.39 is 34.1 Å². The lowest BCUT2D eigenvalue weighted by Crippen LogP contribution is -2.55. The summed E-state index contributed by atoms with van der Waals surface area (Å²) in [7, 11) is -2.39. The number of nitrogens with zero attached hydrogens (tertiary/aromatic N) is 2. The second-order valence-corrected chi connectivity index (χ2v) is 11.6. The minimum absolute atomic E-state index is 0.254. The molecule has 2 rings (SSSR count). The molecule has 35 heavy (non-hydrogen) atoms. The summed E-state index contributed by atoms with van der Waals surface area (Å²) >= 11 is 0. The fourth-order valence-electron chi connectivity index (χ4n) is 3.63. The van der Waals surface area contributed by atoms with Crippen LogP contribution in [-0.4, -0.2) is 63.2 Å². The van der Waals surface area contributed by atoms with Crippen molar-refractivity contribution in [2.45, 2.75) is 52.6 Å². The Bertz CT molecular complexity index is 1130. The average Bonchev–Trinajstić information content (AvgIpc) is 2.76. The zero-order chi connectivity index (χ0) is 26.4. The number of carbonyl (C=O) groups excluding carboxylic acids is 2. The van der Waals surface area contributed by atoms with Crippen LogP contribution < -0.4 is 14.4 Å². The van der Waals surface area contributed by atoms with Gasteiger partial charge in [0.1, 0.15) is 18.3 Å². The van der Waals surface area contributed by atoms with Gasteiger partial charge in [-0.15, -0.1) is 0 Å². The van der Waals surface area contributed by atoms with Crippen molar-refractivity contribution < 1.29 is 22.7 Å². The number of rotatable bonds is 10. The smallest absolute Gasteiger partial charge is 0.244 e. The molecule has 0 aromatic heterocycles. The topological polar surface area (TPSA) is 96.0 Å². The predicted molar refractivity (Wildman–Crippen MR) is 139 cm³/mol. The molecule has 0 unspecified atom stereocenters. The van der Waals surface area contributed by atoms with E-state index in [1.165, 1.54) is 12.0 Å². The molecule has 0 bridgehead atoms. The summed E-state index contributed by atoms with van der Waals surface area (Å²) in [5, 5.41) is 2.91. The van der Waals surface area contributed by atoms with E-state index in [0.29, 0.717) is 12.2 Å². The highest BCUT2D eigenvalue weighted by Crippen LogP contribution is 2.31. The Hall–Kier alpha value is -3.07. The summed E-state index contributed by atoms with van der Waals surface area (Å²) < 4.78 is 31.9. The predicted octanol–water partition coefficient (Wildman–Crippen LogP) is 3.14. The molecule has 0 radical (unpaired) electrons. The second kappa shape index (κ2) is 11.6. The number of aryl methyl sites for hydroxylation is 1. The Morgan fingerprint density at radius 2 is 1.71 bits per heavy atom. The molecular formula is C26H37N3O5S. The van der Waals surface area contributed by atoms with Crippen molar-refractivity contribution in [2.24, 2.45) is 0 Å². The van der Waals surface area contributed by atoms with Crippen LogP contribution >= 0.6 is 0 Å². The molecule has 0 heterocycles. The van der Waals surface area contributed by atoms with Crippen molar-refractivity contribution in [3.63, 3.8) is 0 Å². The number of sulfonamides is 1. The fourth-order valence-corrected chi connectivity index (χ4v) is 4.48. The van der Waals surface area contributed by atoms with Crippen molar-refractivity contribution in [2.75, 3.05) is 30.8 Å². The van der Waals surface area contributed by atoms with Gasteiger partial charge in [-0.25, -0.2) is 8.42 Å². The van der Waals surface area contributed by atoms with E-state index in [9.17, 15) is 18.0 Å². The summed E-state index contributed by atoms with van der Waals surface area (Å²) in [6, 6.07) is 14.0. The summed E-state index contributed by atoms with van der Waals surface area (Å²) in [6.07, 6.45) is 1.57. The molecule has 0 fully saturated rings. The van der Waals surface area contributed by atoms with Gasteiger partial charge < -0.3 is 15.0 Å². The normalized spacial score (nSPS) is 12.5. The van der Waals surface area contributed by atoms with Gasteiger partial charge in [-0.3, -0.25) is 13.9 Å². The number of nitrogens with one attached hydrogen (secondary N) is 1. The molecule has 1 N–H and O–H groups in total. The lowest BCUT2D eigenvalue weighted by molar-refractivity contribution is -0.139. The Labute approximate surface area is 209 Å². The molecule has 0 aliphatic heterocycles. The third kappa shape index (κ3) is 8.28. The molecule has 0 spiro atoms. The van der Waals surface area contributed by atoms with Gasteiger partial charge in [0.25, 0.3) is 0 Å². The molecule has 2 aromatic rings. The van der Waals surface area contributed by atoms with Crippen LogP contribution in [0.2, 0.25) is 0 Å². The van der Waals surface area contributed by atoms with Crippen LogP contribution in [0.3, 0.4) is 0 Å². The first-order valence-corrected chi connectivity index (χ1v) is 13.4. The lowest BCUT2D eigenvalue weighted by Gasteiger charge is -2.33. The van der Waals surface area contributed by atoms with Crippen LogP contribution in [0.5, 0.6) is 5.75 Å². The van der Waals surface area contributed by atoms with E-state index >= 15 is 0 Å². The van der Waals surface area contributed by atoms with Crippen molar-refractivity contribution in [3.8, 4) is 5.75 Å². The monoisotopic (exact) mass is 503 g/mol. The van der Waals surface area contributed by atoms with E-state index in [4.69, 9.17) is 4.74 Å². The largest absolute Gasteiger partial charge is 0.495 e. The lowest BCUT2D eigenvalue weighted by atomic mass is 10.1. The summed E-state index contributed by atoms with van der Waals surface area (Å²) in [5.74, 6) is -0.451. The van der Waals surface area contributed by atoms with Crippen LogP contribution in [0.25, 0.3) is 0 Å². The van der Waals surface area contributed by atoms with Gasteiger partial charge in [-0.05, 0) is 64.3 Å². The highest BCUT2D eigenvalue weighted by Gasteiger charge is 2.32. The van der Waals surface area contributed by atoms with E-state index in [0.717, 1.165) is 21.7 Å². The van der Waals surface area contributed by atoms with E-state index in [-0.39, 0.29) is 18.1 Å². The molecule has 8 nitrogen and oxygen atoms in total. The van der Waals surface area contributed by atoms with Crippen molar-refractivity contribution >= 4 is 27.5 Å². The van der Waals surface area contributed by atoms with E-state index in [1.54, 1.807) is 25.1 Å². The quantitative estimate of drug-likeness (QED) is 0.537. The van der Waals surface area contributed by atoms with Crippen molar-refractivity contribution in [1.29, 1.82) is 0 Å². The fraction of sp³-hybridized carbons (Fsp3) is 0.462. The van der Waals surface area contributed by atoms with E-state index in [2.05, 4.69) is 5.32 Å². The first-order chi connectivity index (χ1) is 16.2. The van der Waals surface area contributed by atoms with Crippen LogP contribution in [0.15, 0.2) is 48.5 Å². The first kappa shape index (κ1) is 28.2. The summed E-state index contributed by atoms with van der Waals surface area (Å²) in [5.41, 5.74) is 1.63. The molecule has 0 aliphatic carbocycles. The van der Waals surface area contributed by atoms with Gasteiger partial charge in [0.15, 0.2) is 0 Å². The molecule has 0 saturated carbocycles. The average molecular weight is 504 g/mol. The SMILES string of the molecule is COc1ccc(C)cc1N(CC(=O)N(CCc1ccccc1)[C@@H](C)C(=O)NC(C)(C)C)S(C)(=O)=O. The second-order valence-electron chi connectivity index (χ2n) is 9.68. The third-order valence-corrected chi connectivity index (χ3v) is 6.56. The van der Waals surface area contributed by atoms with Crippen molar-refractivity contribution in [3.05, 3.63) is 59.7 Å². The van der Waals surface area contributed by atoms with Gasteiger partial charge in [-0.1, -0.05) is 36.4 Å². The van der Waals surface area contributed by atoms with Crippen LogP contribution in [-0.2, 0) is 26.0 Å². The van der Waals surface area contributed by atoms with Gasteiger partial charge in [0.2, 0.25) is 21.8 Å². The molecule has 0 aliphatic rings. The Kier molecular flexibility index (Phi) is 9.31. The number of ether oxygens (including phenoxy) is 1. The number of benzene rings is 2. The minimum atomic E-state index is -3.83. The van der Waals surface area contributed by atoms with Crippen molar-refractivity contribution in [1.82, 2.24) is 10.2 Å². The number of anilines is 1. The molecule has 2 aromatic carbocycles. The molecule has 1 atom stereocenters. The zero-order valence-corrected chi connectivity index (χ0v) is 22.5. The number of hydrogen-bond acceptors (Lipinski definition) is 5. The zero-order valence-electron chi connectivity index (χ0n) is 21.7. The minimum Gasteiger partial charge on any atom is -0.495 e. The molecule has 192 valence electrons. The number of methoxy groups -OCH3 is 1. The van der Waals surface area contributed by atoms with Gasteiger partial charge in [-0.2, -0.15) is 0 Å². The van der Waals surface area contributed by atoms with Crippen LogP contribution in [0.4, 0.5) is 5.69 Å². The maximum Gasteiger partial charge on any atom is 0.244 e. The van der Waals surface area contributed by atoms with E-state index in [1.807, 2.05) is 58.0 Å².